The average Bonchev–Trinajstić information content (AvgIpc) is 2.64. The maximum Gasteiger partial charge on any atom is 0.129 e. The Morgan fingerprint density at radius 1 is 1.06 bits per heavy atom. The van der Waals surface area contributed by atoms with Gasteiger partial charge in [0, 0.05) is 17.6 Å². The van der Waals surface area contributed by atoms with Gasteiger partial charge in [-0.3, -0.25) is 0 Å². The highest BCUT2D eigenvalue weighted by molar-refractivity contribution is 5.20. The number of nitrogens with one attached hydrogen (secondary N) is 1. The summed E-state index contributed by atoms with van der Waals surface area (Å²) < 4.78 is 27.1. The monoisotopic (exact) mass is 237 g/mol. The van der Waals surface area contributed by atoms with Gasteiger partial charge in [-0.25, -0.2) is 8.78 Å². The zero-order chi connectivity index (χ0) is 11.8. The molecule has 2 fully saturated rings. The van der Waals surface area contributed by atoms with Gasteiger partial charge in [0.2, 0.25) is 0 Å². The molecule has 3 rings (SSSR count). The van der Waals surface area contributed by atoms with Crippen LogP contribution in [0.4, 0.5) is 8.78 Å². The van der Waals surface area contributed by atoms with Crippen LogP contribution in [0.15, 0.2) is 18.2 Å². The first-order valence-corrected chi connectivity index (χ1v) is 6.41. The number of fused-ring (bicyclic) bond motifs is 2. The van der Waals surface area contributed by atoms with Crippen LogP contribution in [0, 0.1) is 17.6 Å². The fraction of sp³-hybridized carbons (Fsp3) is 0.571. The Morgan fingerprint density at radius 3 is 2.24 bits per heavy atom. The van der Waals surface area contributed by atoms with Crippen molar-refractivity contribution in [2.45, 2.75) is 44.2 Å². The largest absolute Gasteiger partial charge is 0.311 e. The second kappa shape index (κ2) is 4.37. The molecule has 0 saturated carbocycles. The van der Waals surface area contributed by atoms with Crippen LogP contribution in [0.25, 0.3) is 0 Å². The zero-order valence-corrected chi connectivity index (χ0v) is 9.76. The molecule has 2 heterocycles. The Labute approximate surface area is 100 Å². The van der Waals surface area contributed by atoms with Crippen molar-refractivity contribution in [3.63, 3.8) is 0 Å². The molecule has 0 aromatic heterocycles. The molecular formula is C14H17F2N. The summed E-state index contributed by atoms with van der Waals surface area (Å²) in [5.41, 5.74) is 0.277. The van der Waals surface area contributed by atoms with Crippen LogP contribution in [0.1, 0.15) is 31.2 Å². The van der Waals surface area contributed by atoms with Gasteiger partial charge in [-0.2, -0.15) is 0 Å². The van der Waals surface area contributed by atoms with Gasteiger partial charge in [-0.05, 0) is 50.2 Å². The van der Waals surface area contributed by atoms with Gasteiger partial charge in [0.15, 0.2) is 0 Å². The number of benzene rings is 1. The summed E-state index contributed by atoms with van der Waals surface area (Å²) in [7, 11) is 0. The third kappa shape index (κ3) is 2.21. The quantitative estimate of drug-likeness (QED) is 0.833. The van der Waals surface area contributed by atoms with Gasteiger partial charge < -0.3 is 5.32 Å². The van der Waals surface area contributed by atoms with Crippen molar-refractivity contribution in [1.29, 1.82) is 0 Å². The van der Waals surface area contributed by atoms with Crippen LogP contribution in [-0.2, 0) is 6.42 Å². The lowest BCUT2D eigenvalue weighted by molar-refractivity contribution is 0.294. The van der Waals surface area contributed by atoms with Crippen molar-refractivity contribution in [2.75, 3.05) is 0 Å². The van der Waals surface area contributed by atoms with Crippen molar-refractivity contribution < 1.29 is 8.78 Å². The molecule has 1 nitrogen and oxygen atoms in total. The van der Waals surface area contributed by atoms with E-state index in [1.54, 1.807) is 0 Å². The molecule has 92 valence electrons. The molecule has 0 radical (unpaired) electrons. The predicted molar refractivity (Wildman–Crippen MR) is 62.7 cm³/mol. The Hall–Kier alpha value is -0.960. The molecule has 2 aliphatic heterocycles. The molecule has 2 bridgehead atoms. The molecule has 2 unspecified atom stereocenters. The smallest absolute Gasteiger partial charge is 0.129 e. The Bertz CT molecular complexity index is 386. The minimum Gasteiger partial charge on any atom is -0.311 e. The zero-order valence-electron chi connectivity index (χ0n) is 9.76. The first-order valence-electron chi connectivity index (χ1n) is 6.41. The number of rotatable bonds is 2. The van der Waals surface area contributed by atoms with Crippen LogP contribution in [-0.4, -0.2) is 12.1 Å². The van der Waals surface area contributed by atoms with Crippen LogP contribution in [0.2, 0.25) is 0 Å². The molecule has 1 aromatic rings. The van der Waals surface area contributed by atoms with Crippen molar-refractivity contribution >= 4 is 0 Å². The van der Waals surface area contributed by atoms with Crippen LogP contribution < -0.4 is 5.32 Å². The van der Waals surface area contributed by atoms with Crippen LogP contribution >= 0.6 is 0 Å². The summed E-state index contributed by atoms with van der Waals surface area (Å²) in [6.45, 7) is 0. The van der Waals surface area contributed by atoms with Gasteiger partial charge in [0.05, 0.1) is 0 Å². The van der Waals surface area contributed by atoms with E-state index < -0.39 is 11.6 Å². The summed E-state index contributed by atoms with van der Waals surface area (Å²) in [6, 6.07) is 5.30. The lowest BCUT2D eigenvalue weighted by Gasteiger charge is -2.29. The minimum absolute atomic E-state index is 0.277. The maximum absolute atomic E-state index is 13.6. The normalized spacial score (nSPS) is 31.8. The third-order valence-electron chi connectivity index (χ3n) is 4.13. The second-order valence-corrected chi connectivity index (χ2v) is 5.38. The molecule has 3 heteroatoms. The second-order valence-electron chi connectivity index (χ2n) is 5.38. The number of piperidine rings is 1. The highest BCUT2D eigenvalue weighted by atomic mass is 19.1. The fourth-order valence-corrected chi connectivity index (χ4v) is 3.36. The molecule has 2 saturated heterocycles. The molecule has 2 aliphatic rings. The highest BCUT2D eigenvalue weighted by Crippen LogP contribution is 2.33. The van der Waals surface area contributed by atoms with Gasteiger partial charge in [-0.1, -0.05) is 6.07 Å². The Morgan fingerprint density at radius 2 is 1.65 bits per heavy atom. The molecule has 0 spiro atoms. The summed E-state index contributed by atoms with van der Waals surface area (Å²) in [5, 5.41) is 3.55. The summed E-state index contributed by atoms with van der Waals surface area (Å²) in [4.78, 5) is 0. The van der Waals surface area contributed by atoms with E-state index in [0.717, 1.165) is 12.8 Å². The first kappa shape index (κ1) is 11.1. The van der Waals surface area contributed by atoms with Crippen molar-refractivity contribution in [3.8, 4) is 0 Å². The van der Waals surface area contributed by atoms with Gasteiger partial charge >= 0.3 is 0 Å². The van der Waals surface area contributed by atoms with E-state index in [0.29, 0.717) is 24.4 Å². The fourth-order valence-electron chi connectivity index (χ4n) is 3.36. The lowest BCUT2D eigenvalue weighted by Crippen LogP contribution is -2.38. The molecule has 1 aromatic carbocycles. The third-order valence-corrected chi connectivity index (χ3v) is 4.13. The minimum atomic E-state index is -0.393. The van der Waals surface area contributed by atoms with E-state index in [1.165, 1.54) is 31.0 Å². The molecule has 17 heavy (non-hydrogen) atoms. The molecule has 0 amide bonds. The summed E-state index contributed by atoms with van der Waals surface area (Å²) in [5.74, 6) is -0.355. The van der Waals surface area contributed by atoms with E-state index >= 15 is 0 Å². The summed E-state index contributed by atoms with van der Waals surface area (Å²) in [6.07, 6.45) is 5.11. The standard InChI is InChI=1S/C14H17F2N/c15-13-2-1-3-14(16)12(13)8-9-6-10-4-5-11(7-9)17-10/h1-3,9-11,17H,4-8H2. The Kier molecular flexibility index (Phi) is 2.87. The van der Waals surface area contributed by atoms with E-state index in [1.807, 2.05) is 0 Å². The van der Waals surface area contributed by atoms with E-state index in [4.69, 9.17) is 0 Å². The topological polar surface area (TPSA) is 12.0 Å². The van der Waals surface area contributed by atoms with Crippen LogP contribution in [0.5, 0.6) is 0 Å². The van der Waals surface area contributed by atoms with Gasteiger partial charge in [0.25, 0.3) is 0 Å². The number of halogens is 2. The van der Waals surface area contributed by atoms with Gasteiger partial charge in [0.1, 0.15) is 11.6 Å². The van der Waals surface area contributed by atoms with E-state index in [9.17, 15) is 8.78 Å². The number of hydrogen-bond donors (Lipinski definition) is 1. The first-order chi connectivity index (χ1) is 8.22. The SMILES string of the molecule is Fc1cccc(F)c1CC1CC2CCC(C1)N2. The molecular weight excluding hydrogens is 220 g/mol. The Balaban J connectivity index is 1.74. The molecule has 1 N–H and O–H groups in total. The molecule has 0 aliphatic carbocycles. The maximum atomic E-state index is 13.6. The van der Waals surface area contributed by atoms with Crippen molar-refractivity contribution in [2.24, 2.45) is 5.92 Å². The average molecular weight is 237 g/mol. The van der Waals surface area contributed by atoms with Gasteiger partial charge in [-0.15, -0.1) is 0 Å². The highest BCUT2D eigenvalue weighted by Gasteiger charge is 2.33. The predicted octanol–water partition coefficient (Wildman–Crippen LogP) is 3.04. The van der Waals surface area contributed by atoms with Crippen molar-refractivity contribution in [1.82, 2.24) is 5.32 Å². The summed E-state index contributed by atoms with van der Waals surface area (Å²) >= 11 is 0. The van der Waals surface area contributed by atoms with Crippen molar-refractivity contribution in [3.05, 3.63) is 35.4 Å². The van der Waals surface area contributed by atoms with E-state index in [-0.39, 0.29) is 5.56 Å². The van der Waals surface area contributed by atoms with Crippen LogP contribution in [0.3, 0.4) is 0 Å². The lowest BCUT2D eigenvalue weighted by atomic mass is 9.87. The number of hydrogen-bond acceptors (Lipinski definition) is 1. The molecule has 2 atom stereocenters. The van der Waals surface area contributed by atoms with E-state index in [2.05, 4.69) is 5.32 Å².